The summed E-state index contributed by atoms with van der Waals surface area (Å²) < 4.78 is 46.1. The number of hydrogen-bond acceptors (Lipinski definition) is 4. The maximum atomic E-state index is 12.2. The molecule has 0 radical (unpaired) electrons. The number of halogens is 4. The van der Waals surface area contributed by atoms with Crippen LogP contribution in [0, 0.1) is 0 Å². The minimum absolute atomic E-state index is 0. The van der Waals surface area contributed by atoms with Gasteiger partial charge in [0.1, 0.15) is 5.75 Å². The third-order valence-corrected chi connectivity index (χ3v) is 4.18. The van der Waals surface area contributed by atoms with Crippen molar-refractivity contribution in [3.8, 4) is 5.75 Å². The monoisotopic (exact) mass is 517 g/mol. The third-order valence-electron chi connectivity index (χ3n) is 4.18. The van der Waals surface area contributed by atoms with E-state index in [-0.39, 0.29) is 41.9 Å². The van der Waals surface area contributed by atoms with Gasteiger partial charge in [0.2, 0.25) is 0 Å². The summed E-state index contributed by atoms with van der Waals surface area (Å²) >= 11 is 0. The molecule has 0 aliphatic carbocycles. The predicted octanol–water partition coefficient (Wildman–Crippen LogP) is 3.36. The van der Waals surface area contributed by atoms with Crippen LogP contribution >= 0.6 is 24.0 Å². The van der Waals surface area contributed by atoms with Crippen LogP contribution in [0.2, 0.25) is 0 Å². The highest BCUT2D eigenvalue weighted by Gasteiger charge is 2.31. The van der Waals surface area contributed by atoms with Crippen molar-refractivity contribution in [2.45, 2.75) is 44.8 Å². The molecular formula is C18H27F3IN3O3. The van der Waals surface area contributed by atoms with Gasteiger partial charge < -0.3 is 25.2 Å². The Morgan fingerprint density at radius 1 is 1.32 bits per heavy atom. The van der Waals surface area contributed by atoms with E-state index in [1.807, 2.05) is 13.8 Å². The smallest absolute Gasteiger partial charge is 0.406 e. The van der Waals surface area contributed by atoms with Gasteiger partial charge in [-0.1, -0.05) is 12.1 Å². The van der Waals surface area contributed by atoms with Gasteiger partial charge in [-0.15, -0.1) is 37.1 Å². The van der Waals surface area contributed by atoms with Crippen LogP contribution in [0.4, 0.5) is 13.2 Å². The maximum absolute atomic E-state index is 12.2. The van der Waals surface area contributed by atoms with Crippen molar-refractivity contribution in [1.82, 2.24) is 10.6 Å². The molecule has 1 aliphatic heterocycles. The molecule has 1 heterocycles. The lowest BCUT2D eigenvalue weighted by Gasteiger charge is -2.22. The minimum Gasteiger partial charge on any atom is -0.406 e. The van der Waals surface area contributed by atoms with Gasteiger partial charge >= 0.3 is 6.36 Å². The van der Waals surface area contributed by atoms with Crippen molar-refractivity contribution in [1.29, 1.82) is 0 Å². The van der Waals surface area contributed by atoms with Gasteiger partial charge in [-0.25, -0.2) is 0 Å². The summed E-state index contributed by atoms with van der Waals surface area (Å²) in [4.78, 5) is 4.50. The van der Waals surface area contributed by atoms with Crippen molar-refractivity contribution in [2.75, 3.05) is 26.2 Å². The Morgan fingerprint density at radius 3 is 2.54 bits per heavy atom. The molecule has 2 atom stereocenters. The third kappa shape index (κ3) is 8.39. The van der Waals surface area contributed by atoms with Crippen LogP contribution in [-0.2, 0) is 4.74 Å². The molecule has 2 unspecified atom stereocenters. The summed E-state index contributed by atoms with van der Waals surface area (Å²) in [6.45, 7) is 6.00. The van der Waals surface area contributed by atoms with E-state index in [9.17, 15) is 18.3 Å². The lowest BCUT2D eigenvalue weighted by Crippen LogP contribution is -2.41. The fraction of sp³-hybridized carbons (Fsp3) is 0.611. The van der Waals surface area contributed by atoms with E-state index in [1.54, 1.807) is 0 Å². The summed E-state index contributed by atoms with van der Waals surface area (Å²) in [6, 6.07) is 5.13. The SMILES string of the molecule is CCNC(=NCC1(C)CCCO1)NCC(O)c1ccc(OC(F)(F)F)cc1.I. The number of rotatable bonds is 7. The molecule has 2 rings (SSSR count). The van der Waals surface area contributed by atoms with Crippen LogP contribution < -0.4 is 15.4 Å². The molecule has 1 fully saturated rings. The lowest BCUT2D eigenvalue weighted by atomic mass is 10.0. The molecule has 1 aromatic rings. The zero-order valence-corrected chi connectivity index (χ0v) is 18.2. The number of ether oxygens (including phenoxy) is 2. The van der Waals surface area contributed by atoms with E-state index in [0.717, 1.165) is 19.4 Å². The van der Waals surface area contributed by atoms with Gasteiger partial charge in [0, 0.05) is 19.7 Å². The molecular weight excluding hydrogens is 490 g/mol. The zero-order chi connectivity index (χ0) is 19.9. The van der Waals surface area contributed by atoms with Crippen LogP contribution in [0.1, 0.15) is 38.4 Å². The lowest BCUT2D eigenvalue weighted by molar-refractivity contribution is -0.274. The highest BCUT2D eigenvalue weighted by molar-refractivity contribution is 14.0. The van der Waals surface area contributed by atoms with Gasteiger partial charge in [-0.3, -0.25) is 4.99 Å². The van der Waals surface area contributed by atoms with Crippen molar-refractivity contribution in [3.63, 3.8) is 0 Å². The van der Waals surface area contributed by atoms with Gasteiger partial charge in [0.15, 0.2) is 5.96 Å². The maximum Gasteiger partial charge on any atom is 0.573 e. The van der Waals surface area contributed by atoms with E-state index in [2.05, 4.69) is 20.4 Å². The van der Waals surface area contributed by atoms with Crippen LogP contribution in [0.15, 0.2) is 29.3 Å². The molecule has 3 N–H and O–H groups in total. The molecule has 0 aromatic heterocycles. The summed E-state index contributed by atoms with van der Waals surface area (Å²) in [5, 5.41) is 16.4. The number of aliphatic imine (C=N–C) groups is 1. The molecule has 160 valence electrons. The van der Waals surface area contributed by atoms with Crippen molar-refractivity contribution in [3.05, 3.63) is 29.8 Å². The average molecular weight is 517 g/mol. The number of nitrogens with zero attached hydrogens (tertiary/aromatic N) is 1. The average Bonchev–Trinajstić information content (AvgIpc) is 3.03. The molecule has 1 aliphatic rings. The summed E-state index contributed by atoms with van der Waals surface area (Å²) in [5.41, 5.74) is 0.203. The number of hydrogen-bond donors (Lipinski definition) is 3. The molecule has 1 aromatic carbocycles. The summed E-state index contributed by atoms with van der Waals surface area (Å²) in [6.07, 6.45) is -3.68. The number of benzene rings is 1. The van der Waals surface area contributed by atoms with E-state index < -0.39 is 12.5 Å². The van der Waals surface area contributed by atoms with E-state index in [4.69, 9.17) is 4.74 Å². The molecule has 10 heteroatoms. The Morgan fingerprint density at radius 2 is 2.00 bits per heavy atom. The molecule has 0 saturated carbocycles. The van der Waals surface area contributed by atoms with Crippen molar-refractivity contribution in [2.24, 2.45) is 4.99 Å². The molecule has 0 bridgehead atoms. The van der Waals surface area contributed by atoms with Gasteiger partial charge in [0.05, 0.1) is 18.2 Å². The Hall–Kier alpha value is -1.27. The number of guanidine groups is 1. The Balaban J connectivity index is 0.00000392. The first-order valence-electron chi connectivity index (χ1n) is 8.91. The second kappa shape index (κ2) is 11.1. The van der Waals surface area contributed by atoms with Gasteiger partial charge in [-0.2, -0.15) is 0 Å². The molecule has 0 amide bonds. The van der Waals surface area contributed by atoms with E-state index >= 15 is 0 Å². The molecule has 1 saturated heterocycles. The second-order valence-corrected chi connectivity index (χ2v) is 6.61. The first kappa shape index (κ1) is 24.8. The Labute approximate surface area is 179 Å². The van der Waals surface area contributed by atoms with Crippen LogP contribution in [0.25, 0.3) is 0 Å². The van der Waals surface area contributed by atoms with E-state index in [0.29, 0.717) is 24.6 Å². The number of alkyl halides is 3. The first-order chi connectivity index (χ1) is 12.7. The van der Waals surface area contributed by atoms with E-state index in [1.165, 1.54) is 24.3 Å². The standard InChI is InChI=1S/C18H26F3N3O3.HI/c1-3-22-16(24-12-17(2)9-4-10-26-17)23-11-15(25)13-5-7-14(8-6-13)27-18(19,20)21;/h5-8,15,25H,3-4,9-12H2,1-2H3,(H2,22,23,24);1H. The largest absolute Gasteiger partial charge is 0.573 e. The number of aliphatic hydroxyl groups is 1. The highest BCUT2D eigenvalue weighted by atomic mass is 127. The zero-order valence-electron chi connectivity index (χ0n) is 15.9. The topological polar surface area (TPSA) is 75.1 Å². The summed E-state index contributed by atoms with van der Waals surface area (Å²) in [7, 11) is 0. The first-order valence-corrected chi connectivity index (χ1v) is 8.91. The van der Waals surface area contributed by atoms with Gasteiger partial charge in [-0.05, 0) is 44.4 Å². The number of aliphatic hydroxyl groups excluding tert-OH is 1. The van der Waals surface area contributed by atoms with Crippen LogP contribution in [-0.4, -0.2) is 49.3 Å². The second-order valence-electron chi connectivity index (χ2n) is 6.61. The van der Waals surface area contributed by atoms with Crippen molar-refractivity contribution < 1.29 is 27.8 Å². The molecule has 28 heavy (non-hydrogen) atoms. The Kier molecular flexibility index (Phi) is 9.78. The Bertz CT molecular complexity index is 621. The van der Waals surface area contributed by atoms with Crippen LogP contribution in [0.5, 0.6) is 5.75 Å². The predicted molar refractivity (Wildman–Crippen MR) is 111 cm³/mol. The minimum atomic E-state index is -4.74. The molecule has 6 nitrogen and oxygen atoms in total. The molecule has 0 spiro atoms. The van der Waals surface area contributed by atoms with Gasteiger partial charge in [0.25, 0.3) is 0 Å². The highest BCUT2D eigenvalue weighted by Crippen LogP contribution is 2.25. The summed E-state index contributed by atoms with van der Waals surface area (Å²) in [5.74, 6) is 0.219. The fourth-order valence-corrected chi connectivity index (χ4v) is 2.75. The fourth-order valence-electron chi connectivity index (χ4n) is 2.75. The van der Waals surface area contributed by atoms with Crippen LogP contribution in [0.3, 0.4) is 0 Å². The number of nitrogens with one attached hydrogen (secondary N) is 2. The quantitative estimate of drug-likeness (QED) is 0.294. The van der Waals surface area contributed by atoms with Crippen molar-refractivity contribution >= 4 is 29.9 Å². The normalized spacial score (nSPS) is 21.0.